The molecule has 98 valence electrons. The Kier molecular flexibility index (Phi) is 5.91. The molecule has 1 aromatic carbocycles. The van der Waals surface area contributed by atoms with E-state index in [1.54, 1.807) is 0 Å². The van der Waals surface area contributed by atoms with Gasteiger partial charge in [-0.3, -0.25) is 0 Å². The van der Waals surface area contributed by atoms with Gasteiger partial charge in [0.05, 0.1) is 0 Å². The second kappa shape index (κ2) is 7.20. The molecule has 0 atom stereocenters. The minimum Gasteiger partial charge on any atom is -0.0764 e. The molecule has 0 aliphatic carbocycles. The van der Waals surface area contributed by atoms with Crippen LogP contribution >= 0.6 is 0 Å². The lowest BCUT2D eigenvalue weighted by molar-refractivity contribution is 0.898. The molecule has 0 spiro atoms. The van der Waals surface area contributed by atoms with Gasteiger partial charge in [-0.25, -0.2) is 0 Å². The Hall–Kier alpha value is -1.30. The van der Waals surface area contributed by atoms with E-state index in [1.165, 1.54) is 40.7 Å². The maximum Gasteiger partial charge on any atom is -0.0224 e. The van der Waals surface area contributed by atoms with Crippen molar-refractivity contribution in [2.24, 2.45) is 0 Å². The Morgan fingerprint density at radius 3 is 2.28 bits per heavy atom. The first kappa shape index (κ1) is 14.8. The van der Waals surface area contributed by atoms with Crippen molar-refractivity contribution in [2.75, 3.05) is 0 Å². The first-order chi connectivity index (χ1) is 8.58. The number of hydrogen-bond donors (Lipinski definition) is 0. The maximum atomic E-state index is 2.37. The van der Waals surface area contributed by atoms with Crippen molar-refractivity contribution >= 4 is 5.57 Å². The molecule has 0 bridgehead atoms. The van der Waals surface area contributed by atoms with E-state index in [1.807, 2.05) is 0 Å². The number of allylic oxidation sites excluding steroid dienone is 4. The fourth-order valence-corrected chi connectivity index (χ4v) is 2.11. The van der Waals surface area contributed by atoms with Crippen LogP contribution in [0.4, 0.5) is 0 Å². The van der Waals surface area contributed by atoms with E-state index >= 15 is 0 Å². The lowest BCUT2D eigenvalue weighted by Gasteiger charge is -2.10. The summed E-state index contributed by atoms with van der Waals surface area (Å²) in [5.41, 5.74) is 7.05. The van der Waals surface area contributed by atoms with Crippen molar-refractivity contribution in [3.05, 3.63) is 52.6 Å². The van der Waals surface area contributed by atoms with Crippen LogP contribution in [0.25, 0.3) is 5.57 Å². The molecule has 0 aliphatic rings. The Labute approximate surface area is 112 Å². The SMILES string of the molecule is CCCc1cc(/C(C)=C/C=C(C)C)ccc1CC. The smallest absolute Gasteiger partial charge is 0.0224 e. The van der Waals surface area contributed by atoms with Gasteiger partial charge in [0, 0.05) is 0 Å². The summed E-state index contributed by atoms with van der Waals surface area (Å²) in [7, 11) is 0. The summed E-state index contributed by atoms with van der Waals surface area (Å²) < 4.78 is 0. The van der Waals surface area contributed by atoms with Gasteiger partial charge < -0.3 is 0 Å². The number of aryl methyl sites for hydroxylation is 2. The molecule has 1 rings (SSSR count). The zero-order chi connectivity index (χ0) is 13.5. The second-order valence-corrected chi connectivity index (χ2v) is 5.18. The van der Waals surface area contributed by atoms with Gasteiger partial charge in [0.1, 0.15) is 0 Å². The van der Waals surface area contributed by atoms with Gasteiger partial charge in [0.15, 0.2) is 0 Å². The normalized spacial score (nSPS) is 11.5. The van der Waals surface area contributed by atoms with Gasteiger partial charge in [-0.1, -0.05) is 56.2 Å². The molecular formula is C18H26. The minimum absolute atomic E-state index is 1.13. The monoisotopic (exact) mass is 242 g/mol. The third kappa shape index (κ3) is 4.18. The molecule has 0 radical (unpaired) electrons. The highest BCUT2D eigenvalue weighted by Gasteiger charge is 2.03. The van der Waals surface area contributed by atoms with E-state index in [0.717, 1.165) is 6.42 Å². The van der Waals surface area contributed by atoms with E-state index in [-0.39, 0.29) is 0 Å². The van der Waals surface area contributed by atoms with Crippen LogP contribution in [-0.4, -0.2) is 0 Å². The Bertz CT molecular complexity index is 443. The van der Waals surface area contributed by atoms with Crippen LogP contribution in [0.1, 0.15) is 57.7 Å². The molecule has 0 fully saturated rings. The van der Waals surface area contributed by atoms with Crippen molar-refractivity contribution in [2.45, 2.75) is 53.9 Å². The topological polar surface area (TPSA) is 0 Å². The van der Waals surface area contributed by atoms with Gasteiger partial charge in [0.25, 0.3) is 0 Å². The fourth-order valence-electron chi connectivity index (χ4n) is 2.11. The van der Waals surface area contributed by atoms with E-state index in [2.05, 4.69) is 65.0 Å². The van der Waals surface area contributed by atoms with Gasteiger partial charge in [0.2, 0.25) is 0 Å². The number of rotatable bonds is 5. The predicted molar refractivity (Wildman–Crippen MR) is 82.9 cm³/mol. The van der Waals surface area contributed by atoms with Crippen molar-refractivity contribution in [1.29, 1.82) is 0 Å². The molecule has 0 aliphatic heterocycles. The third-order valence-electron chi connectivity index (χ3n) is 3.23. The molecule has 18 heavy (non-hydrogen) atoms. The molecule has 0 aromatic heterocycles. The summed E-state index contributed by atoms with van der Waals surface area (Å²) in [5.74, 6) is 0. The Balaban J connectivity index is 3.07. The minimum atomic E-state index is 1.13. The lowest BCUT2D eigenvalue weighted by Crippen LogP contribution is -1.94. The van der Waals surface area contributed by atoms with Crippen LogP contribution < -0.4 is 0 Å². The van der Waals surface area contributed by atoms with Crippen LogP contribution in [0.2, 0.25) is 0 Å². The summed E-state index contributed by atoms with van der Waals surface area (Å²) in [4.78, 5) is 0. The first-order valence-corrected chi connectivity index (χ1v) is 7.02. The third-order valence-corrected chi connectivity index (χ3v) is 3.23. The summed E-state index contributed by atoms with van der Waals surface area (Å²) in [6, 6.07) is 6.91. The average Bonchev–Trinajstić information content (AvgIpc) is 2.36. The van der Waals surface area contributed by atoms with Gasteiger partial charge in [-0.2, -0.15) is 0 Å². The molecule has 0 heterocycles. The van der Waals surface area contributed by atoms with Crippen LogP contribution in [-0.2, 0) is 12.8 Å². The van der Waals surface area contributed by atoms with Crippen molar-refractivity contribution in [3.63, 3.8) is 0 Å². The summed E-state index contributed by atoms with van der Waals surface area (Å²) in [5, 5.41) is 0. The first-order valence-electron chi connectivity index (χ1n) is 7.02. The summed E-state index contributed by atoms with van der Waals surface area (Å²) in [6.07, 6.45) is 7.93. The fraction of sp³-hybridized carbons (Fsp3) is 0.444. The summed E-state index contributed by atoms with van der Waals surface area (Å²) >= 11 is 0. The zero-order valence-electron chi connectivity index (χ0n) is 12.5. The highest BCUT2D eigenvalue weighted by atomic mass is 14.1. The zero-order valence-corrected chi connectivity index (χ0v) is 12.5. The maximum absolute atomic E-state index is 2.37. The van der Waals surface area contributed by atoms with E-state index in [9.17, 15) is 0 Å². The molecule has 0 heteroatoms. The average molecular weight is 242 g/mol. The number of hydrogen-bond acceptors (Lipinski definition) is 0. The van der Waals surface area contributed by atoms with Crippen molar-refractivity contribution in [3.8, 4) is 0 Å². The van der Waals surface area contributed by atoms with E-state index < -0.39 is 0 Å². The molecule has 0 unspecified atom stereocenters. The predicted octanol–water partition coefficient (Wildman–Crippen LogP) is 5.57. The van der Waals surface area contributed by atoms with Crippen LogP contribution in [0.15, 0.2) is 35.9 Å². The molecule has 0 nitrogen and oxygen atoms in total. The molecule has 0 saturated carbocycles. The van der Waals surface area contributed by atoms with Crippen LogP contribution in [0.3, 0.4) is 0 Å². The molecule has 0 amide bonds. The van der Waals surface area contributed by atoms with Crippen molar-refractivity contribution in [1.82, 2.24) is 0 Å². The highest BCUT2D eigenvalue weighted by Crippen LogP contribution is 2.20. The highest BCUT2D eigenvalue weighted by molar-refractivity contribution is 5.66. The Morgan fingerprint density at radius 1 is 1.00 bits per heavy atom. The van der Waals surface area contributed by atoms with Gasteiger partial charge >= 0.3 is 0 Å². The van der Waals surface area contributed by atoms with Crippen LogP contribution in [0, 0.1) is 0 Å². The second-order valence-electron chi connectivity index (χ2n) is 5.18. The molecule has 0 saturated heterocycles. The number of benzene rings is 1. The standard InChI is InChI=1S/C18H26/c1-6-8-18-13-17(12-11-16(18)7-2)15(5)10-9-14(3)4/h9-13H,6-8H2,1-5H3/b15-10+. The van der Waals surface area contributed by atoms with Crippen LogP contribution in [0.5, 0.6) is 0 Å². The molecule has 0 N–H and O–H groups in total. The van der Waals surface area contributed by atoms with Gasteiger partial charge in [-0.05, 0) is 55.9 Å². The molecule has 1 aromatic rings. The Morgan fingerprint density at radius 2 is 1.72 bits per heavy atom. The lowest BCUT2D eigenvalue weighted by atomic mass is 9.95. The largest absolute Gasteiger partial charge is 0.0764 e. The van der Waals surface area contributed by atoms with E-state index in [4.69, 9.17) is 0 Å². The van der Waals surface area contributed by atoms with Crippen molar-refractivity contribution < 1.29 is 0 Å². The van der Waals surface area contributed by atoms with Gasteiger partial charge in [-0.15, -0.1) is 0 Å². The summed E-state index contributed by atoms with van der Waals surface area (Å²) in [6.45, 7) is 10.9. The van der Waals surface area contributed by atoms with E-state index in [0.29, 0.717) is 0 Å². The molecular weight excluding hydrogens is 216 g/mol. The quantitative estimate of drug-likeness (QED) is 0.592.